The standard InChI is InChI=1S/C19H13Cl2NO4S/c20-11-5-6-13-14(9-11)26-19(24)22(13)8-7-17(23)25-10-16-18(21)12-3-1-2-4-15(12)27-16/h1-6,9H,7-8,10H2. The fourth-order valence-electron chi connectivity index (χ4n) is 2.83. The minimum atomic E-state index is -0.535. The van der Waals surface area contributed by atoms with Crippen LogP contribution in [0.4, 0.5) is 0 Å². The second-order valence-corrected chi connectivity index (χ2v) is 7.83. The molecular weight excluding hydrogens is 409 g/mol. The van der Waals surface area contributed by atoms with Crippen LogP contribution < -0.4 is 5.76 Å². The molecule has 0 amide bonds. The number of oxazole rings is 1. The van der Waals surface area contributed by atoms with Crippen LogP contribution in [-0.4, -0.2) is 10.5 Å². The first kappa shape index (κ1) is 18.1. The van der Waals surface area contributed by atoms with Gasteiger partial charge < -0.3 is 9.15 Å². The quantitative estimate of drug-likeness (QED) is 0.412. The van der Waals surface area contributed by atoms with E-state index in [1.165, 1.54) is 15.9 Å². The van der Waals surface area contributed by atoms with Crippen molar-refractivity contribution in [3.05, 3.63) is 67.9 Å². The number of aryl methyl sites for hydroxylation is 1. The van der Waals surface area contributed by atoms with Crippen LogP contribution in [0.5, 0.6) is 0 Å². The summed E-state index contributed by atoms with van der Waals surface area (Å²) in [5, 5.41) is 2.03. The Morgan fingerprint density at radius 3 is 2.81 bits per heavy atom. The van der Waals surface area contributed by atoms with Gasteiger partial charge in [0.25, 0.3) is 0 Å². The van der Waals surface area contributed by atoms with Gasteiger partial charge in [0.05, 0.1) is 21.8 Å². The van der Waals surface area contributed by atoms with E-state index in [9.17, 15) is 9.59 Å². The molecule has 4 rings (SSSR count). The maximum atomic E-state index is 12.1. The van der Waals surface area contributed by atoms with E-state index in [4.69, 9.17) is 32.4 Å². The molecule has 0 bridgehead atoms. The maximum Gasteiger partial charge on any atom is 0.419 e. The second kappa shape index (κ2) is 7.38. The van der Waals surface area contributed by atoms with Crippen molar-refractivity contribution >= 4 is 61.7 Å². The number of aromatic nitrogens is 1. The number of benzene rings is 2. The molecule has 0 saturated heterocycles. The summed E-state index contributed by atoms with van der Waals surface area (Å²) in [7, 11) is 0. The monoisotopic (exact) mass is 421 g/mol. The van der Waals surface area contributed by atoms with Gasteiger partial charge in [-0.3, -0.25) is 9.36 Å². The first-order valence-electron chi connectivity index (χ1n) is 8.13. The van der Waals surface area contributed by atoms with Gasteiger partial charge in [0.15, 0.2) is 5.58 Å². The molecule has 2 aromatic heterocycles. The number of ether oxygens (including phenoxy) is 1. The maximum absolute atomic E-state index is 12.1. The summed E-state index contributed by atoms with van der Waals surface area (Å²) < 4.78 is 12.9. The highest BCUT2D eigenvalue weighted by Gasteiger charge is 2.14. The van der Waals surface area contributed by atoms with E-state index in [2.05, 4.69) is 0 Å². The first-order chi connectivity index (χ1) is 13.0. The van der Waals surface area contributed by atoms with Gasteiger partial charge in [0, 0.05) is 27.7 Å². The number of thiophene rings is 1. The molecule has 8 heteroatoms. The highest BCUT2D eigenvalue weighted by Crippen LogP contribution is 2.35. The summed E-state index contributed by atoms with van der Waals surface area (Å²) in [5.41, 5.74) is 0.975. The number of carbonyl (C=O) groups excluding carboxylic acids is 1. The predicted octanol–water partition coefficient (Wildman–Crippen LogP) is 5.25. The lowest BCUT2D eigenvalue weighted by Gasteiger charge is -2.04. The summed E-state index contributed by atoms with van der Waals surface area (Å²) >= 11 is 13.7. The smallest absolute Gasteiger partial charge is 0.419 e. The lowest BCUT2D eigenvalue weighted by atomic mass is 10.2. The van der Waals surface area contributed by atoms with Crippen molar-refractivity contribution in [2.45, 2.75) is 19.6 Å². The van der Waals surface area contributed by atoms with Gasteiger partial charge in [-0.2, -0.15) is 0 Å². The largest absolute Gasteiger partial charge is 0.460 e. The van der Waals surface area contributed by atoms with E-state index in [1.54, 1.807) is 18.2 Å². The number of fused-ring (bicyclic) bond motifs is 2. The molecule has 0 aliphatic carbocycles. The molecule has 0 fully saturated rings. The van der Waals surface area contributed by atoms with Crippen LogP contribution in [0, 0.1) is 0 Å². The number of carbonyl (C=O) groups is 1. The zero-order chi connectivity index (χ0) is 19.0. The van der Waals surface area contributed by atoms with Crippen LogP contribution in [0.25, 0.3) is 21.2 Å². The molecule has 2 heterocycles. The van der Waals surface area contributed by atoms with Crippen LogP contribution in [0.1, 0.15) is 11.3 Å². The molecular formula is C19H13Cl2NO4S. The topological polar surface area (TPSA) is 61.4 Å². The fraction of sp³-hybridized carbons (Fsp3) is 0.158. The van der Waals surface area contributed by atoms with Crippen LogP contribution in [0.2, 0.25) is 10.0 Å². The zero-order valence-electron chi connectivity index (χ0n) is 13.9. The minimum absolute atomic E-state index is 0.0413. The van der Waals surface area contributed by atoms with Crippen molar-refractivity contribution in [3.63, 3.8) is 0 Å². The molecule has 0 spiro atoms. The van der Waals surface area contributed by atoms with Crippen LogP contribution >= 0.6 is 34.5 Å². The normalized spacial score (nSPS) is 11.3. The average Bonchev–Trinajstić information content (AvgIpc) is 3.14. The van der Waals surface area contributed by atoms with E-state index in [1.807, 2.05) is 24.3 Å². The van der Waals surface area contributed by atoms with Gasteiger partial charge in [0.1, 0.15) is 6.61 Å². The number of rotatable bonds is 5. The summed E-state index contributed by atoms with van der Waals surface area (Å²) in [6.07, 6.45) is 0.0413. The van der Waals surface area contributed by atoms with Gasteiger partial charge in [-0.15, -0.1) is 11.3 Å². The Morgan fingerprint density at radius 1 is 1.19 bits per heavy atom. The van der Waals surface area contributed by atoms with E-state index in [-0.39, 0.29) is 19.6 Å². The molecule has 0 radical (unpaired) electrons. The van der Waals surface area contributed by atoms with E-state index in [0.29, 0.717) is 21.1 Å². The van der Waals surface area contributed by atoms with Crippen LogP contribution in [-0.2, 0) is 22.7 Å². The lowest BCUT2D eigenvalue weighted by molar-refractivity contribution is -0.145. The Kier molecular flexibility index (Phi) is 4.95. The highest BCUT2D eigenvalue weighted by atomic mass is 35.5. The molecule has 0 unspecified atom stereocenters. The molecule has 0 N–H and O–H groups in total. The molecule has 27 heavy (non-hydrogen) atoms. The van der Waals surface area contributed by atoms with Crippen molar-refractivity contribution < 1.29 is 13.9 Å². The van der Waals surface area contributed by atoms with E-state index >= 15 is 0 Å². The molecule has 2 aromatic carbocycles. The van der Waals surface area contributed by atoms with E-state index < -0.39 is 11.7 Å². The van der Waals surface area contributed by atoms with Gasteiger partial charge in [-0.1, -0.05) is 41.4 Å². The SMILES string of the molecule is O=C(CCn1c(=O)oc2cc(Cl)ccc21)OCc1sc2ccccc2c1Cl. The third kappa shape index (κ3) is 3.60. The van der Waals surface area contributed by atoms with Crippen molar-refractivity contribution in [1.29, 1.82) is 0 Å². The number of nitrogens with zero attached hydrogens (tertiary/aromatic N) is 1. The fourth-order valence-corrected chi connectivity index (χ4v) is 4.39. The zero-order valence-corrected chi connectivity index (χ0v) is 16.2. The van der Waals surface area contributed by atoms with Gasteiger partial charge in [-0.25, -0.2) is 4.79 Å². The van der Waals surface area contributed by atoms with Crippen molar-refractivity contribution in [3.8, 4) is 0 Å². The van der Waals surface area contributed by atoms with Gasteiger partial charge in [0.2, 0.25) is 0 Å². The Morgan fingerprint density at radius 2 is 2.00 bits per heavy atom. The molecule has 0 aliphatic rings. The Balaban J connectivity index is 1.42. The Bertz CT molecular complexity index is 1210. The predicted molar refractivity (Wildman–Crippen MR) is 107 cm³/mol. The number of halogens is 2. The summed E-state index contributed by atoms with van der Waals surface area (Å²) in [6, 6.07) is 12.7. The van der Waals surface area contributed by atoms with Crippen molar-refractivity contribution in [2.75, 3.05) is 0 Å². The first-order valence-corrected chi connectivity index (χ1v) is 9.70. The Labute approximate surface area is 167 Å². The molecule has 0 atom stereocenters. The second-order valence-electron chi connectivity index (χ2n) is 5.88. The molecule has 0 aliphatic heterocycles. The highest BCUT2D eigenvalue weighted by molar-refractivity contribution is 7.19. The van der Waals surface area contributed by atoms with Crippen molar-refractivity contribution in [2.24, 2.45) is 0 Å². The third-order valence-corrected chi connectivity index (χ3v) is 6.06. The van der Waals surface area contributed by atoms with Gasteiger partial charge in [-0.05, 0) is 18.2 Å². The third-order valence-electron chi connectivity index (χ3n) is 4.14. The minimum Gasteiger partial charge on any atom is -0.460 e. The summed E-state index contributed by atoms with van der Waals surface area (Å²) in [4.78, 5) is 24.9. The average molecular weight is 422 g/mol. The van der Waals surface area contributed by atoms with Crippen LogP contribution in [0.15, 0.2) is 51.7 Å². The molecule has 4 aromatic rings. The summed E-state index contributed by atoms with van der Waals surface area (Å²) in [6.45, 7) is 0.264. The van der Waals surface area contributed by atoms with E-state index in [0.717, 1.165) is 15.0 Å². The number of hydrogen-bond acceptors (Lipinski definition) is 5. The number of hydrogen-bond donors (Lipinski definition) is 0. The summed E-state index contributed by atoms with van der Waals surface area (Å²) in [5.74, 6) is -0.952. The number of esters is 1. The molecule has 0 saturated carbocycles. The van der Waals surface area contributed by atoms with Crippen molar-refractivity contribution in [1.82, 2.24) is 4.57 Å². The van der Waals surface area contributed by atoms with Gasteiger partial charge >= 0.3 is 11.7 Å². The molecule has 5 nitrogen and oxygen atoms in total. The van der Waals surface area contributed by atoms with Crippen LogP contribution in [0.3, 0.4) is 0 Å². The molecule has 138 valence electrons. The Hall–Kier alpha value is -2.28. The lowest BCUT2D eigenvalue weighted by Crippen LogP contribution is -2.17.